The van der Waals surface area contributed by atoms with Gasteiger partial charge in [0.05, 0.1) is 5.92 Å². The number of alkyl carbamates (subject to hydrolysis) is 1. The molecule has 0 fully saturated rings. The first-order valence-corrected chi connectivity index (χ1v) is 11.6. The lowest BCUT2D eigenvalue weighted by Crippen LogP contribution is -2.49. The Morgan fingerprint density at radius 2 is 1.08 bits per heavy atom. The molecule has 0 saturated carbocycles. The van der Waals surface area contributed by atoms with Crippen molar-refractivity contribution in [3.8, 4) is 0 Å². The fraction of sp³-hybridized carbons (Fsp3) is 0.207. The zero-order valence-corrected chi connectivity index (χ0v) is 19.9. The number of benzene rings is 3. The number of carbonyl (C=O) groups excluding carboxylic acids is 3. The molecule has 2 atom stereocenters. The summed E-state index contributed by atoms with van der Waals surface area (Å²) in [5.74, 6) is -2.50. The van der Waals surface area contributed by atoms with E-state index in [2.05, 4.69) is 11.9 Å². The van der Waals surface area contributed by atoms with Crippen molar-refractivity contribution in [3.63, 3.8) is 0 Å². The lowest BCUT2D eigenvalue weighted by Gasteiger charge is -2.24. The van der Waals surface area contributed by atoms with Gasteiger partial charge in [-0.2, -0.15) is 0 Å². The molecule has 1 amide bonds. The summed E-state index contributed by atoms with van der Waals surface area (Å²) >= 11 is 0. The van der Waals surface area contributed by atoms with E-state index in [0.717, 1.165) is 16.7 Å². The number of ether oxygens (including phenoxy) is 3. The number of hydrogen-bond donors (Lipinski definition) is 1. The third kappa shape index (κ3) is 8.43. The molecule has 7 nitrogen and oxygen atoms in total. The zero-order chi connectivity index (χ0) is 25.6. The van der Waals surface area contributed by atoms with Crippen molar-refractivity contribution in [1.82, 2.24) is 5.32 Å². The van der Waals surface area contributed by atoms with Crippen molar-refractivity contribution in [2.75, 3.05) is 0 Å². The Morgan fingerprint density at radius 3 is 1.53 bits per heavy atom. The predicted molar refractivity (Wildman–Crippen MR) is 134 cm³/mol. The highest BCUT2D eigenvalue weighted by molar-refractivity contribution is 5.88. The monoisotopic (exact) mass is 487 g/mol. The van der Waals surface area contributed by atoms with E-state index < -0.39 is 30.0 Å². The molecule has 0 heterocycles. The van der Waals surface area contributed by atoms with Crippen molar-refractivity contribution in [1.29, 1.82) is 0 Å². The van der Waals surface area contributed by atoms with E-state index in [1.807, 2.05) is 66.7 Å². The van der Waals surface area contributed by atoms with Crippen LogP contribution in [-0.4, -0.2) is 24.1 Å². The third-order valence-corrected chi connectivity index (χ3v) is 5.31. The molecule has 3 aromatic rings. The predicted octanol–water partition coefficient (Wildman–Crippen LogP) is 4.96. The number of carbonyl (C=O) groups is 3. The molecular weight excluding hydrogens is 458 g/mol. The van der Waals surface area contributed by atoms with Gasteiger partial charge >= 0.3 is 18.0 Å². The Bertz CT molecular complexity index is 1120. The Hall–Kier alpha value is -4.39. The van der Waals surface area contributed by atoms with Gasteiger partial charge < -0.3 is 19.5 Å². The van der Waals surface area contributed by atoms with Gasteiger partial charge in [-0.3, -0.25) is 4.79 Å². The van der Waals surface area contributed by atoms with E-state index in [4.69, 9.17) is 14.2 Å². The Morgan fingerprint density at radius 1 is 0.667 bits per heavy atom. The summed E-state index contributed by atoms with van der Waals surface area (Å²) in [5, 5.41) is 2.50. The van der Waals surface area contributed by atoms with Crippen LogP contribution in [0.4, 0.5) is 4.79 Å². The molecule has 7 heteroatoms. The molecule has 0 aromatic heterocycles. The standard InChI is InChI=1S/C29H29NO6/c1-2-12-25(27(31)34-19-22-13-6-3-7-14-22)26(28(32)35-20-23-15-8-4-9-16-23)30-29(33)36-21-24-17-10-5-11-18-24/h2-11,13-18,25-26H,1,12,19-21H2,(H,30,33)/t25-,26-/m0/s1. The van der Waals surface area contributed by atoms with Gasteiger partial charge in [-0.25, -0.2) is 9.59 Å². The first kappa shape index (κ1) is 26.2. The first-order valence-electron chi connectivity index (χ1n) is 11.6. The summed E-state index contributed by atoms with van der Waals surface area (Å²) in [7, 11) is 0. The average Bonchev–Trinajstić information content (AvgIpc) is 2.93. The molecule has 0 aliphatic carbocycles. The van der Waals surface area contributed by atoms with Gasteiger partial charge in [-0.05, 0) is 23.1 Å². The fourth-order valence-corrected chi connectivity index (χ4v) is 3.42. The molecule has 0 spiro atoms. The van der Waals surface area contributed by atoms with Crippen LogP contribution in [0.5, 0.6) is 0 Å². The molecule has 1 N–H and O–H groups in total. The zero-order valence-electron chi connectivity index (χ0n) is 19.9. The van der Waals surface area contributed by atoms with E-state index in [9.17, 15) is 14.4 Å². The van der Waals surface area contributed by atoms with Crippen LogP contribution >= 0.6 is 0 Å². The van der Waals surface area contributed by atoms with Gasteiger partial charge in [0.2, 0.25) is 0 Å². The van der Waals surface area contributed by atoms with E-state index in [1.165, 1.54) is 6.08 Å². The molecule has 0 saturated heterocycles. The summed E-state index contributed by atoms with van der Waals surface area (Å²) in [5.41, 5.74) is 2.34. The minimum Gasteiger partial charge on any atom is -0.461 e. The van der Waals surface area contributed by atoms with Crippen LogP contribution in [0.1, 0.15) is 23.1 Å². The summed E-state index contributed by atoms with van der Waals surface area (Å²) in [6.45, 7) is 3.70. The first-order chi connectivity index (χ1) is 17.6. The summed E-state index contributed by atoms with van der Waals surface area (Å²) in [4.78, 5) is 38.7. The smallest absolute Gasteiger partial charge is 0.408 e. The molecule has 0 radical (unpaired) electrons. The number of nitrogens with one attached hydrogen (secondary N) is 1. The van der Waals surface area contributed by atoms with Crippen LogP contribution in [0.3, 0.4) is 0 Å². The fourth-order valence-electron chi connectivity index (χ4n) is 3.42. The Labute approximate surface area is 210 Å². The van der Waals surface area contributed by atoms with Crippen LogP contribution in [0, 0.1) is 5.92 Å². The van der Waals surface area contributed by atoms with Gasteiger partial charge in [0.1, 0.15) is 25.9 Å². The Balaban J connectivity index is 1.71. The van der Waals surface area contributed by atoms with Crippen molar-refractivity contribution >= 4 is 18.0 Å². The highest BCUT2D eigenvalue weighted by atomic mass is 16.6. The van der Waals surface area contributed by atoms with Crippen LogP contribution in [0.25, 0.3) is 0 Å². The van der Waals surface area contributed by atoms with Crippen LogP contribution in [-0.2, 0) is 43.6 Å². The molecular formula is C29H29NO6. The molecule has 0 aliphatic heterocycles. The highest BCUT2D eigenvalue weighted by Crippen LogP contribution is 2.17. The largest absolute Gasteiger partial charge is 0.461 e. The second-order valence-corrected chi connectivity index (χ2v) is 8.00. The van der Waals surface area contributed by atoms with Crippen molar-refractivity contribution in [2.24, 2.45) is 5.92 Å². The summed E-state index contributed by atoms with van der Waals surface area (Å²) in [6.07, 6.45) is 0.714. The number of esters is 2. The van der Waals surface area contributed by atoms with Gasteiger partial charge in [0.25, 0.3) is 0 Å². The molecule has 0 unspecified atom stereocenters. The van der Waals surface area contributed by atoms with E-state index in [0.29, 0.717) is 0 Å². The van der Waals surface area contributed by atoms with Crippen molar-refractivity contribution in [2.45, 2.75) is 32.3 Å². The molecule has 0 aliphatic rings. The van der Waals surface area contributed by atoms with Crippen LogP contribution in [0.15, 0.2) is 104 Å². The molecule has 3 rings (SSSR count). The summed E-state index contributed by atoms with van der Waals surface area (Å²) < 4.78 is 16.2. The topological polar surface area (TPSA) is 90.9 Å². The summed E-state index contributed by atoms with van der Waals surface area (Å²) in [6, 6.07) is 26.0. The molecule has 3 aromatic carbocycles. The number of hydrogen-bond acceptors (Lipinski definition) is 6. The van der Waals surface area contributed by atoms with Gasteiger partial charge in [-0.15, -0.1) is 6.58 Å². The number of amides is 1. The molecule has 186 valence electrons. The highest BCUT2D eigenvalue weighted by Gasteiger charge is 2.37. The maximum Gasteiger partial charge on any atom is 0.408 e. The Kier molecular flexibility index (Phi) is 10.3. The van der Waals surface area contributed by atoms with Crippen molar-refractivity contribution in [3.05, 3.63) is 120 Å². The quantitative estimate of drug-likeness (QED) is 0.221. The lowest BCUT2D eigenvalue weighted by atomic mass is 9.96. The SMILES string of the molecule is C=CC[C@H](C(=O)OCc1ccccc1)[C@H](NC(=O)OCc1ccccc1)C(=O)OCc1ccccc1. The molecule has 0 bridgehead atoms. The van der Waals surface area contributed by atoms with Gasteiger partial charge in [-0.1, -0.05) is 97.1 Å². The van der Waals surface area contributed by atoms with Crippen molar-refractivity contribution < 1.29 is 28.6 Å². The maximum absolute atomic E-state index is 13.1. The lowest BCUT2D eigenvalue weighted by molar-refractivity contribution is -0.159. The number of allylic oxidation sites excluding steroid dienone is 1. The third-order valence-electron chi connectivity index (χ3n) is 5.31. The molecule has 36 heavy (non-hydrogen) atoms. The number of rotatable bonds is 12. The van der Waals surface area contributed by atoms with E-state index in [1.54, 1.807) is 24.3 Å². The second kappa shape index (κ2) is 14.1. The van der Waals surface area contributed by atoms with Crippen LogP contribution < -0.4 is 5.32 Å². The maximum atomic E-state index is 13.1. The minimum absolute atomic E-state index is 0.00301. The normalized spacial score (nSPS) is 12.0. The van der Waals surface area contributed by atoms with Crippen LogP contribution in [0.2, 0.25) is 0 Å². The van der Waals surface area contributed by atoms with Gasteiger partial charge in [0, 0.05) is 0 Å². The second-order valence-electron chi connectivity index (χ2n) is 8.00. The van der Waals surface area contributed by atoms with E-state index in [-0.39, 0.29) is 26.2 Å². The average molecular weight is 488 g/mol. The van der Waals surface area contributed by atoms with Gasteiger partial charge in [0.15, 0.2) is 0 Å². The minimum atomic E-state index is -1.33. The van der Waals surface area contributed by atoms with E-state index >= 15 is 0 Å².